The van der Waals surface area contributed by atoms with Crippen molar-refractivity contribution in [2.75, 3.05) is 0 Å². The molecule has 0 atom stereocenters. The third kappa shape index (κ3) is 3.20. The van der Waals surface area contributed by atoms with E-state index in [4.69, 9.17) is 16.7 Å². The molecule has 4 aromatic rings. The highest BCUT2D eigenvalue weighted by molar-refractivity contribution is 6.31. The maximum Gasteiger partial charge on any atom is 0.157 e. The molecule has 0 aliphatic carbocycles. The molecule has 142 valence electrons. The van der Waals surface area contributed by atoms with Crippen LogP contribution in [0.5, 0.6) is 0 Å². The highest BCUT2D eigenvalue weighted by atomic mass is 35.5. The molecule has 0 saturated carbocycles. The van der Waals surface area contributed by atoms with Crippen LogP contribution in [0.2, 0.25) is 5.02 Å². The van der Waals surface area contributed by atoms with E-state index in [1.54, 1.807) is 11.0 Å². The summed E-state index contributed by atoms with van der Waals surface area (Å²) in [6.07, 6.45) is 2.18. The molecule has 0 bridgehead atoms. The minimum atomic E-state index is 0.620. The fraction of sp³-hybridized carbons (Fsp3) is 0.238. The number of nitrogens with zero attached hydrogens (tertiary/aromatic N) is 6. The zero-order valence-corrected chi connectivity index (χ0v) is 17.1. The summed E-state index contributed by atoms with van der Waals surface area (Å²) in [6, 6.07) is 12.2. The molecular weight excluding hydrogens is 372 g/mol. The standard InChI is InChI=1S/C21H21ClN6/c1-13-18(26-27(4)21(13)16-8-6-5-7-9-16)10-17-11-19(24-12-23-17)28-15(3)20(22)14(2)25-28/h5-9,11-12H,10H2,1-4H3. The van der Waals surface area contributed by atoms with Gasteiger partial charge in [0, 0.05) is 25.1 Å². The quantitative estimate of drug-likeness (QED) is 0.521. The number of aryl methyl sites for hydroxylation is 2. The lowest BCUT2D eigenvalue weighted by molar-refractivity contribution is 0.751. The fourth-order valence-corrected chi connectivity index (χ4v) is 3.59. The lowest BCUT2D eigenvalue weighted by Gasteiger charge is -2.05. The van der Waals surface area contributed by atoms with Gasteiger partial charge in [0.05, 0.1) is 33.5 Å². The number of halogens is 1. The Morgan fingerprint density at radius 1 is 1.00 bits per heavy atom. The van der Waals surface area contributed by atoms with Crippen LogP contribution in [0.4, 0.5) is 0 Å². The van der Waals surface area contributed by atoms with E-state index in [1.165, 1.54) is 0 Å². The van der Waals surface area contributed by atoms with E-state index in [-0.39, 0.29) is 0 Å². The molecule has 0 aliphatic rings. The summed E-state index contributed by atoms with van der Waals surface area (Å²) in [5.74, 6) is 0.703. The summed E-state index contributed by atoms with van der Waals surface area (Å²) < 4.78 is 3.69. The zero-order chi connectivity index (χ0) is 19.8. The van der Waals surface area contributed by atoms with E-state index >= 15 is 0 Å². The predicted molar refractivity (Wildman–Crippen MR) is 110 cm³/mol. The fourth-order valence-electron chi connectivity index (χ4n) is 3.47. The molecule has 0 unspecified atom stereocenters. The lowest BCUT2D eigenvalue weighted by Crippen LogP contribution is -2.05. The number of benzene rings is 1. The Hall–Kier alpha value is -2.99. The summed E-state index contributed by atoms with van der Waals surface area (Å²) >= 11 is 6.28. The summed E-state index contributed by atoms with van der Waals surface area (Å²) in [5.41, 5.74) is 6.96. The van der Waals surface area contributed by atoms with Gasteiger partial charge < -0.3 is 0 Å². The zero-order valence-electron chi connectivity index (χ0n) is 16.3. The van der Waals surface area contributed by atoms with Crippen molar-refractivity contribution < 1.29 is 0 Å². The van der Waals surface area contributed by atoms with E-state index in [1.807, 2.05) is 49.8 Å². The van der Waals surface area contributed by atoms with Crippen molar-refractivity contribution in [2.45, 2.75) is 27.2 Å². The predicted octanol–water partition coefficient (Wildman–Crippen LogP) is 4.23. The van der Waals surface area contributed by atoms with Crippen LogP contribution in [0.1, 0.15) is 28.3 Å². The molecule has 0 aliphatic heterocycles. The monoisotopic (exact) mass is 392 g/mol. The average molecular weight is 393 g/mol. The van der Waals surface area contributed by atoms with Gasteiger partial charge in [-0.25, -0.2) is 14.6 Å². The van der Waals surface area contributed by atoms with Gasteiger partial charge in [-0.3, -0.25) is 4.68 Å². The van der Waals surface area contributed by atoms with Crippen LogP contribution in [0.3, 0.4) is 0 Å². The van der Waals surface area contributed by atoms with E-state index in [2.05, 4.69) is 34.1 Å². The molecule has 1 aromatic carbocycles. The Morgan fingerprint density at radius 3 is 2.43 bits per heavy atom. The molecule has 0 radical (unpaired) electrons. The molecule has 3 aromatic heterocycles. The van der Waals surface area contributed by atoms with Crippen molar-refractivity contribution in [1.82, 2.24) is 29.5 Å². The van der Waals surface area contributed by atoms with Crippen molar-refractivity contribution in [3.05, 3.63) is 76.1 Å². The number of rotatable bonds is 4. The summed E-state index contributed by atoms with van der Waals surface area (Å²) in [5, 5.41) is 9.87. The van der Waals surface area contributed by atoms with Crippen LogP contribution in [-0.4, -0.2) is 29.5 Å². The van der Waals surface area contributed by atoms with Gasteiger partial charge in [-0.05, 0) is 26.3 Å². The maximum absolute atomic E-state index is 6.28. The summed E-state index contributed by atoms with van der Waals surface area (Å²) in [6.45, 7) is 5.92. The largest absolute Gasteiger partial charge is 0.267 e. The number of aromatic nitrogens is 6. The molecule has 0 amide bonds. The third-order valence-electron chi connectivity index (χ3n) is 4.91. The molecule has 28 heavy (non-hydrogen) atoms. The van der Waals surface area contributed by atoms with E-state index in [0.717, 1.165) is 39.6 Å². The van der Waals surface area contributed by atoms with Crippen molar-refractivity contribution in [3.8, 4) is 17.1 Å². The Balaban J connectivity index is 1.68. The van der Waals surface area contributed by atoms with E-state index in [9.17, 15) is 0 Å². The van der Waals surface area contributed by atoms with Crippen LogP contribution in [-0.2, 0) is 13.5 Å². The van der Waals surface area contributed by atoms with Crippen LogP contribution >= 0.6 is 11.6 Å². The first-order valence-electron chi connectivity index (χ1n) is 9.06. The van der Waals surface area contributed by atoms with E-state index in [0.29, 0.717) is 17.3 Å². The highest BCUT2D eigenvalue weighted by Gasteiger charge is 2.16. The highest BCUT2D eigenvalue weighted by Crippen LogP contribution is 2.26. The van der Waals surface area contributed by atoms with Crippen LogP contribution in [0.25, 0.3) is 17.1 Å². The van der Waals surface area contributed by atoms with E-state index < -0.39 is 0 Å². The smallest absolute Gasteiger partial charge is 0.157 e. The average Bonchev–Trinajstić information content (AvgIpc) is 3.12. The lowest BCUT2D eigenvalue weighted by atomic mass is 10.0. The minimum absolute atomic E-state index is 0.620. The topological polar surface area (TPSA) is 61.4 Å². The number of hydrogen-bond acceptors (Lipinski definition) is 4. The molecular formula is C21H21ClN6. The minimum Gasteiger partial charge on any atom is -0.267 e. The first-order chi connectivity index (χ1) is 13.5. The van der Waals surface area contributed by atoms with Gasteiger partial charge in [0.2, 0.25) is 0 Å². The van der Waals surface area contributed by atoms with Gasteiger partial charge >= 0.3 is 0 Å². The van der Waals surface area contributed by atoms with Gasteiger partial charge in [-0.15, -0.1) is 0 Å². The first kappa shape index (κ1) is 18.4. The van der Waals surface area contributed by atoms with Crippen LogP contribution < -0.4 is 0 Å². The Labute approximate surface area is 168 Å². The maximum atomic E-state index is 6.28. The van der Waals surface area contributed by atoms with Gasteiger partial charge in [0.15, 0.2) is 5.82 Å². The van der Waals surface area contributed by atoms with Gasteiger partial charge in [0.25, 0.3) is 0 Å². The van der Waals surface area contributed by atoms with Crippen molar-refractivity contribution in [2.24, 2.45) is 7.05 Å². The molecule has 0 N–H and O–H groups in total. The molecule has 0 saturated heterocycles. The first-order valence-corrected chi connectivity index (χ1v) is 9.44. The molecule has 3 heterocycles. The van der Waals surface area contributed by atoms with Gasteiger partial charge in [-0.2, -0.15) is 10.2 Å². The third-order valence-corrected chi connectivity index (χ3v) is 5.45. The molecule has 0 fully saturated rings. The van der Waals surface area contributed by atoms with Crippen molar-refractivity contribution >= 4 is 11.6 Å². The molecule has 0 spiro atoms. The van der Waals surface area contributed by atoms with Crippen LogP contribution in [0.15, 0.2) is 42.7 Å². The second kappa shape index (κ2) is 7.20. The van der Waals surface area contributed by atoms with Crippen molar-refractivity contribution in [1.29, 1.82) is 0 Å². The molecule has 7 heteroatoms. The Bertz CT molecular complexity index is 1140. The van der Waals surface area contributed by atoms with Gasteiger partial charge in [-0.1, -0.05) is 41.9 Å². The summed E-state index contributed by atoms with van der Waals surface area (Å²) in [7, 11) is 1.97. The normalized spacial score (nSPS) is 11.2. The summed E-state index contributed by atoms with van der Waals surface area (Å²) in [4.78, 5) is 8.80. The Morgan fingerprint density at radius 2 is 1.75 bits per heavy atom. The Kier molecular flexibility index (Phi) is 4.73. The SMILES string of the molecule is Cc1nn(-c2cc(Cc3nn(C)c(-c4ccccc4)c3C)ncn2)c(C)c1Cl. The number of hydrogen-bond donors (Lipinski definition) is 0. The molecule has 4 rings (SSSR count). The van der Waals surface area contributed by atoms with Gasteiger partial charge in [0.1, 0.15) is 6.33 Å². The molecule has 6 nitrogen and oxygen atoms in total. The second-order valence-corrected chi connectivity index (χ2v) is 7.23. The second-order valence-electron chi connectivity index (χ2n) is 6.85. The van der Waals surface area contributed by atoms with Crippen LogP contribution in [0, 0.1) is 20.8 Å². The van der Waals surface area contributed by atoms with Crippen molar-refractivity contribution in [3.63, 3.8) is 0 Å².